The maximum atomic E-state index is 12.2. The Bertz CT molecular complexity index is 548. The van der Waals surface area contributed by atoms with Crippen molar-refractivity contribution in [1.29, 1.82) is 0 Å². The van der Waals surface area contributed by atoms with Gasteiger partial charge in [0.25, 0.3) is 5.69 Å². The van der Waals surface area contributed by atoms with Crippen LogP contribution in [0.2, 0.25) is 0 Å². The molecule has 0 unspecified atom stereocenters. The molecule has 0 atom stereocenters. The zero-order valence-electron chi connectivity index (χ0n) is 13.8. The molecule has 0 aromatic heterocycles. The minimum Gasteiger partial charge on any atom is -0.461 e. The van der Waals surface area contributed by atoms with Gasteiger partial charge in [-0.25, -0.2) is 4.79 Å². The number of nitrogens with zero attached hydrogens (tertiary/aromatic N) is 2. The largest absolute Gasteiger partial charge is 0.461 e. The Hall–Kier alpha value is -1.95. The number of esters is 1. The minimum absolute atomic E-state index is 0.0260. The van der Waals surface area contributed by atoms with Gasteiger partial charge in [0.1, 0.15) is 0 Å². The van der Waals surface area contributed by atoms with Crippen LogP contribution in [0.25, 0.3) is 0 Å². The summed E-state index contributed by atoms with van der Waals surface area (Å²) in [5.41, 5.74) is 0.349. The molecular formula is C17H24N2O4. The van der Waals surface area contributed by atoms with E-state index in [0.717, 1.165) is 19.4 Å². The first kappa shape index (κ1) is 17.4. The van der Waals surface area contributed by atoms with Crippen LogP contribution < -0.4 is 0 Å². The van der Waals surface area contributed by atoms with Crippen molar-refractivity contribution in [3.8, 4) is 0 Å². The molecule has 23 heavy (non-hydrogen) atoms. The van der Waals surface area contributed by atoms with E-state index in [0.29, 0.717) is 12.2 Å². The highest BCUT2D eigenvalue weighted by Gasteiger charge is 2.34. The number of benzene rings is 1. The van der Waals surface area contributed by atoms with Gasteiger partial charge in [-0.1, -0.05) is 19.3 Å². The Morgan fingerprint density at radius 2 is 1.83 bits per heavy atom. The van der Waals surface area contributed by atoms with Gasteiger partial charge in [0, 0.05) is 24.1 Å². The summed E-state index contributed by atoms with van der Waals surface area (Å²) in [7, 11) is 4.07. The Balaban J connectivity index is 1.99. The van der Waals surface area contributed by atoms with Gasteiger partial charge in [-0.05, 0) is 39.1 Å². The van der Waals surface area contributed by atoms with Crippen LogP contribution in [0.5, 0.6) is 0 Å². The van der Waals surface area contributed by atoms with Crippen molar-refractivity contribution < 1.29 is 14.5 Å². The highest BCUT2D eigenvalue weighted by Crippen LogP contribution is 2.37. The Labute approximate surface area is 136 Å². The van der Waals surface area contributed by atoms with E-state index < -0.39 is 10.9 Å². The molecule has 0 amide bonds. The second-order valence-corrected chi connectivity index (χ2v) is 6.68. The quantitative estimate of drug-likeness (QED) is 0.457. The molecule has 1 fully saturated rings. The van der Waals surface area contributed by atoms with Gasteiger partial charge >= 0.3 is 5.97 Å². The number of hydrogen-bond donors (Lipinski definition) is 0. The molecule has 0 N–H and O–H groups in total. The van der Waals surface area contributed by atoms with Crippen LogP contribution in [0.4, 0.5) is 5.69 Å². The Kier molecular flexibility index (Phi) is 5.71. The van der Waals surface area contributed by atoms with Gasteiger partial charge < -0.3 is 9.64 Å². The summed E-state index contributed by atoms with van der Waals surface area (Å²) in [6.45, 7) is 1.31. The summed E-state index contributed by atoms with van der Waals surface area (Å²) in [6.07, 6.45) is 5.72. The molecule has 1 aromatic rings. The zero-order chi connectivity index (χ0) is 16.9. The van der Waals surface area contributed by atoms with Gasteiger partial charge in [0.15, 0.2) is 0 Å². The fourth-order valence-electron chi connectivity index (χ4n) is 3.34. The SMILES string of the molecule is CN(C)CC1(COC(=O)c2ccc([N+](=O)[O-])cc2)CCCCC1. The number of hydrogen-bond acceptors (Lipinski definition) is 5. The van der Waals surface area contributed by atoms with E-state index in [4.69, 9.17) is 4.74 Å². The maximum Gasteiger partial charge on any atom is 0.338 e. The normalized spacial score (nSPS) is 17.0. The fraction of sp³-hybridized carbons (Fsp3) is 0.588. The molecule has 1 aromatic carbocycles. The van der Waals surface area contributed by atoms with Crippen LogP contribution in [-0.2, 0) is 4.74 Å². The van der Waals surface area contributed by atoms with Crippen molar-refractivity contribution in [3.63, 3.8) is 0 Å². The van der Waals surface area contributed by atoms with Crippen LogP contribution in [-0.4, -0.2) is 43.0 Å². The number of non-ortho nitro benzene ring substituents is 1. The lowest BCUT2D eigenvalue weighted by molar-refractivity contribution is -0.384. The molecule has 6 nitrogen and oxygen atoms in total. The molecule has 0 radical (unpaired) electrons. The van der Waals surface area contributed by atoms with Crippen molar-refractivity contribution in [3.05, 3.63) is 39.9 Å². The molecule has 0 aliphatic heterocycles. The second-order valence-electron chi connectivity index (χ2n) is 6.68. The standard InChI is InChI=1S/C17H24N2O4/c1-18(2)12-17(10-4-3-5-11-17)13-23-16(20)14-6-8-15(9-7-14)19(21)22/h6-9H,3-5,10-13H2,1-2H3. The van der Waals surface area contributed by atoms with Gasteiger partial charge in [-0.15, -0.1) is 0 Å². The van der Waals surface area contributed by atoms with Crippen molar-refractivity contribution in [2.24, 2.45) is 5.41 Å². The van der Waals surface area contributed by atoms with E-state index in [9.17, 15) is 14.9 Å². The molecule has 1 aliphatic rings. The van der Waals surface area contributed by atoms with Crippen LogP contribution in [0.15, 0.2) is 24.3 Å². The third kappa shape index (κ3) is 4.76. The average molecular weight is 320 g/mol. The summed E-state index contributed by atoms with van der Waals surface area (Å²) >= 11 is 0. The van der Waals surface area contributed by atoms with E-state index in [-0.39, 0.29) is 11.1 Å². The summed E-state index contributed by atoms with van der Waals surface area (Å²) in [4.78, 5) is 24.5. The molecule has 0 bridgehead atoms. The number of nitro benzene ring substituents is 1. The summed E-state index contributed by atoms with van der Waals surface area (Å²) in [6, 6.07) is 5.54. The topological polar surface area (TPSA) is 72.7 Å². The molecular weight excluding hydrogens is 296 g/mol. The fourth-order valence-corrected chi connectivity index (χ4v) is 3.34. The lowest BCUT2D eigenvalue weighted by atomic mass is 9.74. The molecule has 1 saturated carbocycles. The van der Waals surface area contributed by atoms with E-state index in [2.05, 4.69) is 4.90 Å². The Morgan fingerprint density at radius 1 is 1.22 bits per heavy atom. The smallest absolute Gasteiger partial charge is 0.338 e. The van der Waals surface area contributed by atoms with Crippen molar-refractivity contribution >= 4 is 11.7 Å². The van der Waals surface area contributed by atoms with Crippen LogP contribution in [0.3, 0.4) is 0 Å². The van der Waals surface area contributed by atoms with Crippen LogP contribution in [0, 0.1) is 15.5 Å². The first-order valence-corrected chi connectivity index (χ1v) is 7.98. The van der Waals surface area contributed by atoms with Crippen molar-refractivity contribution in [2.45, 2.75) is 32.1 Å². The highest BCUT2D eigenvalue weighted by atomic mass is 16.6. The molecule has 0 spiro atoms. The third-order valence-electron chi connectivity index (χ3n) is 4.39. The van der Waals surface area contributed by atoms with Crippen molar-refractivity contribution in [2.75, 3.05) is 27.2 Å². The van der Waals surface area contributed by atoms with Crippen molar-refractivity contribution in [1.82, 2.24) is 4.90 Å². The lowest BCUT2D eigenvalue weighted by Gasteiger charge is -2.38. The number of rotatable bonds is 6. The maximum absolute atomic E-state index is 12.2. The first-order chi connectivity index (χ1) is 10.9. The highest BCUT2D eigenvalue weighted by molar-refractivity contribution is 5.89. The van der Waals surface area contributed by atoms with Gasteiger partial charge in [0.05, 0.1) is 17.1 Å². The summed E-state index contributed by atoms with van der Waals surface area (Å²) in [5, 5.41) is 10.6. The van der Waals surface area contributed by atoms with Crippen LogP contribution in [0.1, 0.15) is 42.5 Å². The second kappa shape index (κ2) is 7.55. The molecule has 6 heteroatoms. The van der Waals surface area contributed by atoms with Gasteiger partial charge in [-0.2, -0.15) is 0 Å². The average Bonchev–Trinajstić information content (AvgIpc) is 2.53. The monoisotopic (exact) mass is 320 g/mol. The van der Waals surface area contributed by atoms with Crippen LogP contribution >= 0.6 is 0 Å². The van der Waals surface area contributed by atoms with E-state index in [1.165, 1.54) is 43.5 Å². The predicted molar refractivity (Wildman–Crippen MR) is 87.5 cm³/mol. The Morgan fingerprint density at radius 3 is 2.35 bits per heavy atom. The minimum atomic E-state index is -0.483. The molecule has 1 aliphatic carbocycles. The number of ether oxygens (including phenoxy) is 1. The third-order valence-corrected chi connectivity index (χ3v) is 4.39. The predicted octanol–water partition coefficient (Wildman–Crippen LogP) is 3.26. The number of nitro groups is 1. The lowest BCUT2D eigenvalue weighted by Crippen LogP contribution is -2.40. The first-order valence-electron chi connectivity index (χ1n) is 7.98. The van der Waals surface area contributed by atoms with E-state index in [1.54, 1.807) is 0 Å². The molecule has 0 heterocycles. The number of carbonyl (C=O) groups is 1. The molecule has 0 saturated heterocycles. The van der Waals surface area contributed by atoms with E-state index >= 15 is 0 Å². The molecule has 126 valence electrons. The van der Waals surface area contributed by atoms with Gasteiger partial charge in [0.2, 0.25) is 0 Å². The van der Waals surface area contributed by atoms with E-state index in [1.807, 2.05) is 14.1 Å². The summed E-state index contributed by atoms with van der Waals surface area (Å²) in [5.74, 6) is -0.413. The summed E-state index contributed by atoms with van der Waals surface area (Å²) < 4.78 is 5.54. The van der Waals surface area contributed by atoms with Gasteiger partial charge in [-0.3, -0.25) is 10.1 Å². The molecule has 2 rings (SSSR count). The zero-order valence-corrected chi connectivity index (χ0v) is 13.8. The number of carbonyl (C=O) groups excluding carboxylic acids is 1.